The number of primary amides is 1. The number of aromatic hydroxyl groups is 1. The first-order valence-corrected chi connectivity index (χ1v) is 13.1. The molecule has 13 nitrogen and oxygen atoms in total. The molecular weight excluding hydrogens is 548 g/mol. The van der Waals surface area contributed by atoms with Gasteiger partial charge in [0.15, 0.2) is 11.4 Å². The van der Waals surface area contributed by atoms with Crippen LogP contribution < -0.4 is 10.6 Å². The summed E-state index contributed by atoms with van der Waals surface area (Å²) in [6.07, 6.45) is 0.125. The molecule has 3 aliphatic carbocycles. The van der Waals surface area contributed by atoms with Crippen LogP contribution in [0.25, 0.3) is 11.1 Å². The lowest BCUT2D eigenvalue weighted by Gasteiger charge is -2.50. The highest BCUT2D eigenvalue weighted by atomic mass is 16.6. The molecule has 0 heterocycles. The van der Waals surface area contributed by atoms with E-state index >= 15 is 0 Å². The smallest absolute Gasteiger partial charge is 0.316 e. The molecule has 13 heteroatoms. The summed E-state index contributed by atoms with van der Waals surface area (Å²) < 4.78 is 0. The molecular formula is C29H31N4O9+. The number of carbonyl (C=O) groups is 3. The molecule has 0 saturated heterocycles. The van der Waals surface area contributed by atoms with Gasteiger partial charge in [-0.15, -0.1) is 0 Å². The van der Waals surface area contributed by atoms with Crippen molar-refractivity contribution in [3.8, 4) is 16.9 Å². The largest absolute Gasteiger partial charge is 0.510 e. The van der Waals surface area contributed by atoms with E-state index in [1.807, 2.05) is 0 Å². The van der Waals surface area contributed by atoms with Gasteiger partial charge in [-0.3, -0.25) is 19.3 Å². The zero-order valence-electron chi connectivity index (χ0n) is 23.3. The first kappa shape index (κ1) is 28.8. The Labute approximate surface area is 239 Å². The number of fused-ring (bicyclic) bond motifs is 3. The number of amides is 1. The van der Waals surface area contributed by atoms with Gasteiger partial charge in [0.05, 0.1) is 16.5 Å². The van der Waals surface area contributed by atoms with E-state index in [0.717, 1.165) is 0 Å². The molecule has 1 amide bonds. The van der Waals surface area contributed by atoms with Gasteiger partial charge in [-0.1, -0.05) is 0 Å². The summed E-state index contributed by atoms with van der Waals surface area (Å²) in [4.78, 5) is 54.0. The molecule has 0 spiro atoms. The van der Waals surface area contributed by atoms with Crippen LogP contribution in [0.5, 0.6) is 5.75 Å². The summed E-state index contributed by atoms with van der Waals surface area (Å²) in [5.74, 6) is -7.21. The summed E-state index contributed by atoms with van der Waals surface area (Å²) in [5, 5.41) is 54.8. The maximum Gasteiger partial charge on any atom is 0.316 e. The molecule has 0 aromatic heterocycles. The third kappa shape index (κ3) is 3.88. The van der Waals surface area contributed by atoms with Gasteiger partial charge in [0, 0.05) is 49.0 Å². The maximum absolute atomic E-state index is 14.1. The van der Waals surface area contributed by atoms with E-state index in [4.69, 9.17) is 5.73 Å². The fourth-order valence-electron chi connectivity index (χ4n) is 6.69. The number of likely N-dealkylation sites (N-methyl/N-ethyl adjacent to an activating group) is 1. The van der Waals surface area contributed by atoms with Crippen molar-refractivity contribution in [1.82, 2.24) is 4.90 Å². The number of hydrogen-bond acceptors (Lipinski definition) is 10. The fourth-order valence-corrected chi connectivity index (χ4v) is 6.69. The van der Waals surface area contributed by atoms with Crippen LogP contribution in [-0.2, 0) is 16.0 Å². The van der Waals surface area contributed by atoms with E-state index in [2.05, 4.69) is 0 Å². The maximum atomic E-state index is 14.1. The summed E-state index contributed by atoms with van der Waals surface area (Å²) in [7, 11) is 6.64. The van der Waals surface area contributed by atoms with E-state index in [0.29, 0.717) is 16.8 Å². The lowest BCUT2D eigenvalue weighted by molar-refractivity contribution is -0.729. The van der Waals surface area contributed by atoms with Gasteiger partial charge in [-0.2, -0.15) is 0 Å². The Bertz CT molecular complexity index is 1640. The zero-order valence-corrected chi connectivity index (χ0v) is 23.3. The second-order valence-electron chi connectivity index (χ2n) is 11.3. The molecule has 3 aliphatic rings. The van der Waals surface area contributed by atoms with Gasteiger partial charge in [-0.25, -0.2) is 5.21 Å². The van der Waals surface area contributed by atoms with Crippen LogP contribution in [0.2, 0.25) is 0 Å². The Morgan fingerprint density at radius 1 is 1.07 bits per heavy atom. The number of aliphatic hydroxyl groups excluding tert-OH is 2. The Morgan fingerprint density at radius 3 is 2.21 bits per heavy atom. The topological polar surface area (TPSA) is 205 Å². The lowest BCUT2D eigenvalue weighted by atomic mass is 9.58. The van der Waals surface area contributed by atoms with Crippen LogP contribution in [0.4, 0.5) is 11.4 Å². The number of phenolic OH excluding ortho intramolecular Hbond substituents is 1. The highest BCUT2D eigenvalue weighted by Crippen LogP contribution is 2.54. The summed E-state index contributed by atoms with van der Waals surface area (Å²) in [5.41, 5.74) is 3.06. The molecule has 2 aromatic carbocycles. The van der Waals surface area contributed by atoms with Crippen molar-refractivity contribution >= 4 is 28.8 Å². The minimum absolute atomic E-state index is 0.0184. The van der Waals surface area contributed by atoms with Gasteiger partial charge in [0.1, 0.15) is 22.8 Å². The second kappa shape index (κ2) is 9.67. The predicted octanol–water partition coefficient (Wildman–Crippen LogP) is 1.65. The van der Waals surface area contributed by atoms with Crippen molar-refractivity contribution in [3.05, 3.63) is 69.0 Å². The SMILES string of the molecule is CN(C)c1cc(-c2ccc([N+](=O)O)cc2)c(O)c2c1C[C@H]1C[C@H]3[C@H](N(C)C)C(O)=C(C(N)=O)C(=O)[C@@]3(O)C(O)=C1C2=O. The molecule has 2 aromatic rings. The number of Topliss-reactive ketones (excluding diaryl/α,β-unsaturated/α-hetero) is 2. The molecule has 0 bridgehead atoms. The monoisotopic (exact) mass is 579 g/mol. The minimum Gasteiger partial charge on any atom is -0.510 e. The molecule has 0 unspecified atom stereocenters. The number of ketones is 2. The predicted molar refractivity (Wildman–Crippen MR) is 149 cm³/mol. The van der Waals surface area contributed by atoms with Gasteiger partial charge in [0.2, 0.25) is 5.78 Å². The van der Waals surface area contributed by atoms with Crippen molar-refractivity contribution in [2.24, 2.45) is 17.6 Å². The van der Waals surface area contributed by atoms with Gasteiger partial charge in [0.25, 0.3) is 10.8 Å². The third-order valence-corrected chi connectivity index (χ3v) is 8.58. The molecule has 0 fully saturated rings. The van der Waals surface area contributed by atoms with Crippen LogP contribution in [0.3, 0.4) is 0 Å². The van der Waals surface area contributed by atoms with Crippen LogP contribution in [0, 0.1) is 16.7 Å². The molecule has 4 atom stereocenters. The number of nitrogens with two attached hydrogens (primary N) is 1. The van der Waals surface area contributed by atoms with Crippen LogP contribution in [0.1, 0.15) is 22.3 Å². The first-order chi connectivity index (χ1) is 19.6. The molecule has 5 rings (SSSR count). The highest BCUT2D eigenvalue weighted by Gasteiger charge is 2.63. The quantitative estimate of drug-likeness (QED) is 0.222. The lowest BCUT2D eigenvalue weighted by Crippen LogP contribution is -2.63. The van der Waals surface area contributed by atoms with Crippen molar-refractivity contribution in [2.75, 3.05) is 33.1 Å². The number of phenols is 1. The number of nitrogens with zero attached hydrogens (tertiary/aromatic N) is 3. The van der Waals surface area contributed by atoms with Crippen molar-refractivity contribution in [1.29, 1.82) is 0 Å². The molecule has 7 N–H and O–H groups in total. The summed E-state index contributed by atoms with van der Waals surface area (Å²) in [6, 6.07) is 6.21. The molecule has 42 heavy (non-hydrogen) atoms. The van der Waals surface area contributed by atoms with Gasteiger partial charge >= 0.3 is 5.69 Å². The molecule has 0 radical (unpaired) electrons. The highest BCUT2D eigenvalue weighted by molar-refractivity contribution is 6.25. The summed E-state index contributed by atoms with van der Waals surface area (Å²) in [6.45, 7) is 0. The Morgan fingerprint density at radius 2 is 1.69 bits per heavy atom. The van der Waals surface area contributed by atoms with Crippen LogP contribution in [0.15, 0.2) is 53.0 Å². The van der Waals surface area contributed by atoms with Gasteiger partial charge in [-0.05, 0) is 62.2 Å². The zero-order chi connectivity index (χ0) is 31.0. The fraction of sp³-hybridized carbons (Fsp3) is 0.345. The van der Waals surface area contributed by atoms with E-state index in [1.165, 1.54) is 29.2 Å². The number of anilines is 1. The minimum atomic E-state index is -2.73. The molecule has 0 saturated carbocycles. The van der Waals surface area contributed by atoms with Crippen molar-refractivity contribution < 1.29 is 44.9 Å². The van der Waals surface area contributed by atoms with Crippen molar-refractivity contribution in [3.63, 3.8) is 0 Å². The Balaban J connectivity index is 1.73. The number of benzene rings is 2. The van der Waals surface area contributed by atoms with Crippen LogP contribution in [-0.4, -0.2) is 92.8 Å². The Hall–Kier alpha value is -4.75. The van der Waals surface area contributed by atoms with Crippen molar-refractivity contribution in [2.45, 2.75) is 24.5 Å². The number of carbonyl (C=O) groups excluding carboxylic acids is 3. The van der Waals surface area contributed by atoms with E-state index in [9.17, 15) is 44.9 Å². The van der Waals surface area contributed by atoms with E-state index < -0.39 is 63.8 Å². The third-order valence-electron chi connectivity index (χ3n) is 8.58. The number of allylic oxidation sites excluding steroid dienone is 1. The van der Waals surface area contributed by atoms with Crippen LogP contribution >= 0.6 is 0 Å². The normalized spacial score (nSPS) is 25.2. The number of rotatable bonds is 5. The number of hydrogen-bond donors (Lipinski definition) is 6. The average Bonchev–Trinajstić information content (AvgIpc) is 2.90. The second-order valence-corrected chi connectivity index (χ2v) is 11.3. The Kier molecular flexibility index (Phi) is 6.62. The standard InChI is InChI=1S/C29H30N4O9/c1-31(2)18-11-15(12-5-7-14(8-6-12)33(41)42)23(34)20-16(18)9-13-10-17-22(32(3)4)25(36)21(28(30)39)27(38)29(17,40)26(37)19(13)24(20)35/h5-8,11,13,17,22,40H,9-10H2,1-4H3,(H5-,30,34,35,36,37,38,39,41,42)/p+1/t13-,17-,22-,29-/m0/s1. The number of aliphatic hydroxyl groups is 3. The van der Waals surface area contributed by atoms with Gasteiger partial charge < -0.3 is 31.1 Å². The van der Waals surface area contributed by atoms with E-state index in [-0.39, 0.29) is 40.2 Å². The molecule has 220 valence electrons. The average molecular weight is 580 g/mol. The van der Waals surface area contributed by atoms with E-state index in [1.54, 1.807) is 39.2 Å². The molecule has 0 aliphatic heterocycles. The first-order valence-electron chi connectivity index (χ1n) is 13.1. The summed E-state index contributed by atoms with van der Waals surface area (Å²) >= 11 is 0.